The van der Waals surface area contributed by atoms with Gasteiger partial charge in [0.15, 0.2) is 0 Å². The van der Waals surface area contributed by atoms with E-state index in [2.05, 4.69) is 16.2 Å². The van der Waals surface area contributed by atoms with Crippen LogP contribution in [0.2, 0.25) is 5.02 Å². The van der Waals surface area contributed by atoms with Crippen molar-refractivity contribution < 1.29 is 19.1 Å². The van der Waals surface area contributed by atoms with Gasteiger partial charge < -0.3 is 10.1 Å². The summed E-state index contributed by atoms with van der Waals surface area (Å²) < 4.78 is 5.64. The van der Waals surface area contributed by atoms with Crippen LogP contribution in [-0.4, -0.2) is 29.6 Å². The third-order valence-corrected chi connectivity index (χ3v) is 5.87. The van der Waals surface area contributed by atoms with Crippen molar-refractivity contribution in [2.24, 2.45) is 0 Å². The number of anilines is 1. The van der Waals surface area contributed by atoms with Crippen molar-refractivity contribution in [2.45, 2.75) is 36.3 Å². The van der Waals surface area contributed by atoms with Crippen LogP contribution in [-0.2, 0) is 14.4 Å². The standard InChI is InChI=1S/C21H22ClN3O4S/c1-13-11-14(22)8-9-16(13)29-10-4-7-19(26)24-25-20(27)12-18-21(28)23-15-5-2-3-6-17(15)30-18/h2-3,5-6,8-9,11,18H,4,7,10,12H2,1H3,(H,23,28)(H,24,26)(H,25,27). The van der Waals surface area contributed by atoms with Gasteiger partial charge in [0.1, 0.15) is 5.75 Å². The van der Waals surface area contributed by atoms with Crippen LogP contribution in [0.25, 0.3) is 0 Å². The van der Waals surface area contributed by atoms with E-state index in [-0.39, 0.29) is 24.7 Å². The molecule has 1 atom stereocenters. The molecule has 0 fully saturated rings. The van der Waals surface area contributed by atoms with Crippen molar-refractivity contribution in [1.29, 1.82) is 0 Å². The van der Waals surface area contributed by atoms with Crippen LogP contribution in [0, 0.1) is 6.92 Å². The van der Waals surface area contributed by atoms with E-state index >= 15 is 0 Å². The first-order chi connectivity index (χ1) is 14.4. The molecule has 158 valence electrons. The summed E-state index contributed by atoms with van der Waals surface area (Å²) in [6, 6.07) is 12.8. The highest BCUT2D eigenvalue weighted by Crippen LogP contribution is 2.36. The van der Waals surface area contributed by atoms with Gasteiger partial charge in [0, 0.05) is 22.8 Å². The minimum Gasteiger partial charge on any atom is -0.493 e. The van der Waals surface area contributed by atoms with Gasteiger partial charge in [0.2, 0.25) is 17.7 Å². The van der Waals surface area contributed by atoms with Gasteiger partial charge in [0.05, 0.1) is 17.5 Å². The number of hydrazine groups is 1. The number of hydrogen-bond acceptors (Lipinski definition) is 5. The number of aryl methyl sites for hydroxylation is 1. The number of carbonyl (C=O) groups excluding carboxylic acids is 3. The van der Waals surface area contributed by atoms with Crippen LogP contribution in [0.1, 0.15) is 24.8 Å². The molecule has 0 bridgehead atoms. The number of ether oxygens (including phenoxy) is 1. The summed E-state index contributed by atoms with van der Waals surface area (Å²) >= 11 is 7.24. The number of rotatable bonds is 7. The molecule has 1 aliphatic rings. The zero-order valence-corrected chi connectivity index (χ0v) is 17.9. The first-order valence-electron chi connectivity index (χ1n) is 9.45. The van der Waals surface area contributed by atoms with Gasteiger partial charge in [-0.2, -0.15) is 0 Å². The maximum Gasteiger partial charge on any atom is 0.240 e. The number of halogens is 1. The molecule has 3 rings (SSSR count). The lowest BCUT2D eigenvalue weighted by molar-refractivity contribution is -0.129. The Kier molecular flexibility index (Phi) is 7.59. The van der Waals surface area contributed by atoms with Gasteiger partial charge in [-0.3, -0.25) is 25.2 Å². The minimum absolute atomic E-state index is 0.0376. The fourth-order valence-corrected chi connectivity index (χ4v) is 4.18. The lowest BCUT2D eigenvalue weighted by atomic mass is 10.2. The van der Waals surface area contributed by atoms with E-state index in [1.54, 1.807) is 12.1 Å². The van der Waals surface area contributed by atoms with Crippen LogP contribution in [0.3, 0.4) is 0 Å². The maximum atomic E-state index is 12.1. The summed E-state index contributed by atoms with van der Waals surface area (Å²) in [6.45, 7) is 2.26. The Bertz CT molecular complexity index is 954. The zero-order valence-electron chi connectivity index (χ0n) is 16.4. The average molecular weight is 448 g/mol. The van der Waals surface area contributed by atoms with Crippen LogP contribution < -0.4 is 20.9 Å². The molecule has 1 aliphatic heterocycles. The Labute approximate surface area is 183 Å². The Balaban J connectivity index is 1.34. The molecule has 0 aromatic heterocycles. The highest BCUT2D eigenvalue weighted by atomic mass is 35.5. The Morgan fingerprint density at radius 2 is 1.93 bits per heavy atom. The Morgan fingerprint density at radius 3 is 2.73 bits per heavy atom. The van der Waals surface area contributed by atoms with Gasteiger partial charge in [0.25, 0.3) is 0 Å². The van der Waals surface area contributed by atoms with Crippen molar-refractivity contribution in [2.75, 3.05) is 11.9 Å². The maximum absolute atomic E-state index is 12.1. The van der Waals surface area contributed by atoms with Crippen molar-refractivity contribution in [3.8, 4) is 5.75 Å². The lowest BCUT2D eigenvalue weighted by Crippen LogP contribution is -2.44. The summed E-state index contributed by atoms with van der Waals surface area (Å²) in [5.74, 6) is -0.262. The molecule has 30 heavy (non-hydrogen) atoms. The van der Waals surface area contributed by atoms with E-state index in [0.29, 0.717) is 18.1 Å². The van der Waals surface area contributed by atoms with E-state index in [9.17, 15) is 14.4 Å². The monoisotopic (exact) mass is 447 g/mol. The first-order valence-corrected chi connectivity index (χ1v) is 10.7. The predicted molar refractivity (Wildman–Crippen MR) is 117 cm³/mol. The van der Waals surface area contributed by atoms with Crippen molar-refractivity contribution in [3.05, 3.63) is 53.1 Å². The van der Waals surface area contributed by atoms with Crippen LogP contribution in [0.15, 0.2) is 47.4 Å². The Morgan fingerprint density at radius 1 is 1.17 bits per heavy atom. The molecule has 2 aromatic rings. The van der Waals surface area contributed by atoms with Gasteiger partial charge in [-0.1, -0.05) is 23.7 Å². The molecular weight excluding hydrogens is 426 g/mol. The molecular formula is C21H22ClN3O4S. The van der Waals surface area contributed by atoms with Gasteiger partial charge in [-0.05, 0) is 49.2 Å². The predicted octanol–water partition coefficient (Wildman–Crippen LogP) is 3.46. The SMILES string of the molecule is Cc1cc(Cl)ccc1OCCCC(=O)NNC(=O)CC1Sc2ccccc2NC1=O. The average Bonchev–Trinajstić information content (AvgIpc) is 2.71. The normalized spacial score (nSPS) is 15.0. The molecule has 1 unspecified atom stereocenters. The number of nitrogens with one attached hydrogen (secondary N) is 3. The first kappa shape index (κ1) is 22.0. The molecule has 0 aliphatic carbocycles. The summed E-state index contributed by atoms with van der Waals surface area (Å²) in [6.07, 6.45) is 0.643. The molecule has 0 spiro atoms. The second-order valence-electron chi connectivity index (χ2n) is 6.75. The van der Waals surface area contributed by atoms with Gasteiger partial charge >= 0.3 is 0 Å². The van der Waals surface area contributed by atoms with Crippen LogP contribution in [0.5, 0.6) is 5.75 Å². The largest absolute Gasteiger partial charge is 0.493 e. The van der Waals surface area contributed by atoms with Gasteiger partial charge in [-0.25, -0.2) is 0 Å². The van der Waals surface area contributed by atoms with Crippen LogP contribution in [0.4, 0.5) is 5.69 Å². The van der Waals surface area contributed by atoms with E-state index in [4.69, 9.17) is 16.3 Å². The molecule has 3 N–H and O–H groups in total. The quantitative estimate of drug-likeness (QED) is 0.446. The van der Waals surface area contributed by atoms with E-state index < -0.39 is 11.2 Å². The number of hydrogen-bond donors (Lipinski definition) is 3. The van der Waals surface area contributed by atoms with Crippen LogP contribution >= 0.6 is 23.4 Å². The molecule has 7 nitrogen and oxygen atoms in total. The number of amides is 3. The molecule has 3 amide bonds. The molecule has 0 saturated heterocycles. The highest BCUT2D eigenvalue weighted by molar-refractivity contribution is 8.01. The summed E-state index contributed by atoms with van der Waals surface area (Å²) in [4.78, 5) is 37.1. The lowest BCUT2D eigenvalue weighted by Gasteiger charge is -2.23. The molecule has 2 aromatic carbocycles. The summed E-state index contributed by atoms with van der Waals surface area (Å²) in [7, 11) is 0. The molecule has 0 radical (unpaired) electrons. The van der Waals surface area contributed by atoms with E-state index in [1.807, 2.05) is 37.3 Å². The fourth-order valence-electron chi connectivity index (χ4n) is 2.84. The van der Waals surface area contributed by atoms with Crippen molar-refractivity contribution in [3.63, 3.8) is 0 Å². The number of benzene rings is 2. The van der Waals surface area contributed by atoms with Crippen molar-refractivity contribution in [1.82, 2.24) is 10.9 Å². The highest BCUT2D eigenvalue weighted by Gasteiger charge is 2.28. The molecule has 1 heterocycles. The van der Waals surface area contributed by atoms with E-state index in [0.717, 1.165) is 21.9 Å². The second kappa shape index (κ2) is 10.4. The fraction of sp³-hybridized carbons (Fsp3) is 0.286. The number of fused-ring (bicyclic) bond motifs is 1. The summed E-state index contributed by atoms with van der Waals surface area (Å²) in [5.41, 5.74) is 6.40. The third kappa shape index (κ3) is 6.14. The zero-order chi connectivity index (χ0) is 21.5. The number of carbonyl (C=O) groups is 3. The number of para-hydroxylation sites is 1. The topological polar surface area (TPSA) is 96.5 Å². The second-order valence-corrected chi connectivity index (χ2v) is 8.44. The smallest absolute Gasteiger partial charge is 0.240 e. The molecule has 0 saturated carbocycles. The molecule has 9 heteroatoms. The van der Waals surface area contributed by atoms with Gasteiger partial charge in [-0.15, -0.1) is 11.8 Å². The Hall–Kier alpha value is -2.71. The third-order valence-electron chi connectivity index (χ3n) is 4.36. The summed E-state index contributed by atoms with van der Waals surface area (Å²) in [5, 5.41) is 2.88. The van der Waals surface area contributed by atoms with Crippen molar-refractivity contribution >= 4 is 46.8 Å². The van der Waals surface area contributed by atoms with E-state index in [1.165, 1.54) is 11.8 Å². The minimum atomic E-state index is -0.548. The number of thioether (sulfide) groups is 1.